The number of halogens is 1. The zero-order valence-electron chi connectivity index (χ0n) is 18.0. The first kappa shape index (κ1) is 23.7. The summed E-state index contributed by atoms with van der Waals surface area (Å²) in [6.07, 6.45) is 2.57. The van der Waals surface area contributed by atoms with Crippen LogP contribution in [0.15, 0.2) is 48.5 Å². The van der Waals surface area contributed by atoms with Crippen LogP contribution in [0.2, 0.25) is 5.02 Å². The maximum Gasteiger partial charge on any atom is 0.242 e. The summed E-state index contributed by atoms with van der Waals surface area (Å²) in [5, 5.41) is 3.52. The molecule has 162 valence electrons. The lowest BCUT2D eigenvalue weighted by atomic mass is 10.1. The molecule has 0 heterocycles. The van der Waals surface area contributed by atoms with Gasteiger partial charge < -0.3 is 15.0 Å². The molecule has 0 aliphatic carbocycles. The lowest BCUT2D eigenvalue weighted by molar-refractivity contribution is -0.140. The van der Waals surface area contributed by atoms with Crippen LogP contribution in [0.25, 0.3) is 0 Å². The van der Waals surface area contributed by atoms with Gasteiger partial charge in [-0.05, 0) is 42.2 Å². The SMILES string of the molecule is CCCCNC(=O)[C@H](CC)N(Cc1cccc(OC)c1)C(=O)Cc1ccccc1Cl. The lowest BCUT2D eigenvalue weighted by Gasteiger charge is -2.31. The van der Waals surface area contributed by atoms with Gasteiger partial charge in [-0.1, -0.05) is 62.2 Å². The maximum atomic E-state index is 13.3. The maximum absolute atomic E-state index is 13.3. The molecule has 0 bridgehead atoms. The van der Waals surface area contributed by atoms with E-state index in [-0.39, 0.29) is 18.2 Å². The van der Waals surface area contributed by atoms with Crippen molar-refractivity contribution in [2.75, 3.05) is 13.7 Å². The molecular formula is C24H31ClN2O3. The molecule has 0 saturated heterocycles. The molecule has 0 spiro atoms. The molecule has 30 heavy (non-hydrogen) atoms. The van der Waals surface area contributed by atoms with Gasteiger partial charge >= 0.3 is 0 Å². The van der Waals surface area contributed by atoms with E-state index in [2.05, 4.69) is 12.2 Å². The molecule has 2 rings (SSSR count). The van der Waals surface area contributed by atoms with E-state index in [1.807, 2.05) is 49.4 Å². The Morgan fingerprint density at radius 1 is 1.13 bits per heavy atom. The fourth-order valence-corrected chi connectivity index (χ4v) is 3.50. The summed E-state index contributed by atoms with van der Waals surface area (Å²) in [5.74, 6) is 0.455. The smallest absolute Gasteiger partial charge is 0.242 e. The summed E-state index contributed by atoms with van der Waals surface area (Å²) >= 11 is 6.27. The fraction of sp³-hybridized carbons (Fsp3) is 0.417. The first-order valence-electron chi connectivity index (χ1n) is 10.4. The molecule has 2 aromatic carbocycles. The Hall–Kier alpha value is -2.53. The van der Waals surface area contributed by atoms with Gasteiger partial charge in [0.05, 0.1) is 13.5 Å². The highest BCUT2D eigenvalue weighted by Gasteiger charge is 2.28. The summed E-state index contributed by atoms with van der Waals surface area (Å²) in [7, 11) is 1.61. The third kappa shape index (κ3) is 6.77. The Bertz CT molecular complexity index is 841. The first-order chi connectivity index (χ1) is 14.5. The largest absolute Gasteiger partial charge is 0.497 e. The van der Waals surface area contributed by atoms with Crippen molar-refractivity contribution in [1.82, 2.24) is 10.2 Å². The number of carbonyl (C=O) groups excluding carboxylic acids is 2. The van der Waals surface area contributed by atoms with Gasteiger partial charge in [-0.2, -0.15) is 0 Å². The Morgan fingerprint density at radius 2 is 1.90 bits per heavy atom. The molecule has 0 aliphatic rings. The summed E-state index contributed by atoms with van der Waals surface area (Å²) < 4.78 is 5.31. The van der Waals surface area contributed by atoms with Crippen LogP contribution in [0.4, 0.5) is 0 Å². The quantitative estimate of drug-likeness (QED) is 0.529. The Balaban J connectivity index is 2.28. The van der Waals surface area contributed by atoms with E-state index in [0.29, 0.717) is 30.3 Å². The minimum atomic E-state index is -0.553. The number of unbranched alkanes of at least 4 members (excludes halogenated alkanes) is 1. The van der Waals surface area contributed by atoms with Crippen molar-refractivity contribution in [3.05, 3.63) is 64.7 Å². The average Bonchev–Trinajstić information content (AvgIpc) is 2.75. The monoisotopic (exact) mass is 430 g/mol. The van der Waals surface area contributed by atoms with Crippen LogP contribution < -0.4 is 10.1 Å². The number of nitrogens with one attached hydrogen (secondary N) is 1. The minimum absolute atomic E-state index is 0.124. The van der Waals surface area contributed by atoms with Crippen LogP contribution in [-0.2, 0) is 22.6 Å². The zero-order chi connectivity index (χ0) is 21.9. The number of benzene rings is 2. The van der Waals surface area contributed by atoms with Crippen LogP contribution >= 0.6 is 11.6 Å². The number of ether oxygens (including phenoxy) is 1. The van der Waals surface area contributed by atoms with Gasteiger partial charge in [0.1, 0.15) is 11.8 Å². The van der Waals surface area contributed by atoms with Gasteiger partial charge in [-0.3, -0.25) is 9.59 Å². The van der Waals surface area contributed by atoms with Crippen LogP contribution in [0.1, 0.15) is 44.2 Å². The molecule has 5 nitrogen and oxygen atoms in total. The number of amides is 2. The molecule has 0 aliphatic heterocycles. The highest BCUT2D eigenvalue weighted by Crippen LogP contribution is 2.21. The topological polar surface area (TPSA) is 58.6 Å². The van der Waals surface area contributed by atoms with E-state index in [9.17, 15) is 9.59 Å². The van der Waals surface area contributed by atoms with Gasteiger partial charge in [0, 0.05) is 18.1 Å². The molecule has 0 aromatic heterocycles. The number of rotatable bonds is 11. The van der Waals surface area contributed by atoms with Crippen molar-refractivity contribution >= 4 is 23.4 Å². The van der Waals surface area contributed by atoms with Crippen molar-refractivity contribution in [3.63, 3.8) is 0 Å². The molecule has 0 fully saturated rings. The van der Waals surface area contributed by atoms with Crippen LogP contribution in [0, 0.1) is 0 Å². The summed E-state index contributed by atoms with van der Waals surface area (Å²) in [4.78, 5) is 27.8. The molecule has 2 aromatic rings. The van der Waals surface area contributed by atoms with E-state index in [0.717, 1.165) is 24.0 Å². The van der Waals surface area contributed by atoms with E-state index in [1.165, 1.54) is 0 Å². The Morgan fingerprint density at radius 3 is 2.57 bits per heavy atom. The highest BCUT2D eigenvalue weighted by atomic mass is 35.5. The van der Waals surface area contributed by atoms with Gasteiger partial charge in [0.25, 0.3) is 0 Å². The van der Waals surface area contributed by atoms with Crippen molar-refractivity contribution in [1.29, 1.82) is 0 Å². The highest BCUT2D eigenvalue weighted by molar-refractivity contribution is 6.31. The number of nitrogens with zero attached hydrogens (tertiary/aromatic N) is 1. The van der Waals surface area contributed by atoms with E-state index >= 15 is 0 Å². The molecule has 2 amide bonds. The molecule has 0 saturated carbocycles. The lowest BCUT2D eigenvalue weighted by Crippen LogP contribution is -2.49. The van der Waals surface area contributed by atoms with Crippen LogP contribution in [0.3, 0.4) is 0 Å². The third-order valence-electron chi connectivity index (χ3n) is 5.00. The van der Waals surface area contributed by atoms with Crippen LogP contribution in [0.5, 0.6) is 5.75 Å². The summed E-state index contributed by atoms with van der Waals surface area (Å²) in [6.45, 7) is 4.93. The first-order valence-corrected chi connectivity index (χ1v) is 10.8. The number of carbonyl (C=O) groups is 2. The summed E-state index contributed by atoms with van der Waals surface area (Å²) in [6, 6.07) is 14.3. The number of hydrogen-bond donors (Lipinski definition) is 1. The zero-order valence-corrected chi connectivity index (χ0v) is 18.7. The minimum Gasteiger partial charge on any atom is -0.497 e. The van der Waals surface area contributed by atoms with Crippen molar-refractivity contribution in [2.45, 2.75) is 52.1 Å². The summed E-state index contributed by atoms with van der Waals surface area (Å²) in [5.41, 5.74) is 1.66. The molecule has 1 atom stereocenters. The Labute approximate surface area is 184 Å². The normalized spacial score (nSPS) is 11.6. The van der Waals surface area contributed by atoms with Gasteiger partial charge in [-0.25, -0.2) is 0 Å². The molecule has 1 N–H and O–H groups in total. The predicted molar refractivity (Wildman–Crippen MR) is 121 cm³/mol. The number of hydrogen-bond acceptors (Lipinski definition) is 3. The van der Waals surface area contributed by atoms with E-state index in [4.69, 9.17) is 16.3 Å². The van der Waals surface area contributed by atoms with Crippen molar-refractivity contribution in [3.8, 4) is 5.75 Å². The standard InChI is InChI=1S/C24H31ClN2O3/c1-4-6-14-26-24(29)22(5-2)27(17-18-10-9-12-20(15-18)30-3)23(28)16-19-11-7-8-13-21(19)25/h7-13,15,22H,4-6,14,16-17H2,1-3H3,(H,26,29)/t22-/m0/s1. The molecule has 0 radical (unpaired) electrons. The van der Waals surface area contributed by atoms with E-state index < -0.39 is 6.04 Å². The van der Waals surface area contributed by atoms with E-state index in [1.54, 1.807) is 18.1 Å². The second kappa shape index (κ2) is 12.2. The average molecular weight is 431 g/mol. The fourth-order valence-electron chi connectivity index (χ4n) is 3.30. The second-order valence-electron chi connectivity index (χ2n) is 7.21. The molecule has 6 heteroatoms. The van der Waals surface area contributed by atoms with Crippen molar-refractivity contribution < 1.29 is 14.3 Å². The molecule has 0 unspecified atom stereocenters. The van der Waals surface area contributed by atoms with Crippen molar-refractivity contribution in [2.24, 2.45) is 0 Å². The third-order valence-corrected chi connectivity index (χ3v) is 5.37. The van der Waals surface area contributed by atoms with Gasteiger partial charge in [-0.15, -0.1) is 0 Å². The van der Waals surface area contributed by atoms with Gasteiger partial charge in [0.2, 0.25) is 11.8 Å². The number of methoxy groups -OCH3 is 1. The molecular weight excluding hydrogens is 400 g/mol. The van der Waals surface area contributed by atoms with Crippen LogP contribution in [-0.4, -0.2) is 36.4 Å². The Kier molecular flexibility index (Phi) is 9.68. The predicted octanol–water partition coefficient (Wildman–Crippen LogP) is 4.61. The second-order valence-corrected chi connectivity index (χ2v) is 7.62. The van der Waals surface area contributed by atoms with Gasteiger partial charge in [0.15, 0.2) is 0 Å².